The molecule has 122 valence electrons. The number of nitrogens with two attached hydrogens (primary N) is 1. The average molecular weight is 330 g/mol. The molecule has 0 unspecified atom stereocenters. The second kappa shape index (κ2) is 5.20. The SMILES string of the molecule is Nc1ncc(Cn2cc3ccccc3c2)c2nc(-c3ccco3)nn12. The van der Waals surface area contributed by atoms with Crippen LogP contribution < -0.4 is 5.73 Å². The van der Waals surface area contributed by atoms with Gasteiger partial charge in [0.25, 0.3) is 0 Å². The predicted molar refractivity (Wildman–Crippen MR) is 93.9 cm³/mol. The molecule has 0 atom stereocenters. The second-order valence-corrected chi connectivity index (χ2v) is 5.85. The molecule has 7 nitrogen and oxygen atoms in total. The molecule has 0 radical (unpaired) electrons. The summed E-state index contributed by atoms with van der Waals surface area (Å²) < 4.78 is 9.04. The largest absolute Gasteiger partial charge is 0.461 e. The Balaban J connectivity index is 1.61. The van der Waals surface area contributed by atoms with Crippen molar-refractivity contribution >= 4 is 22.4 Å². The highest BCUT2D eigenvalue weighted by Gasteiger charge is 2.15. The molecule has 4 aromatic heterocycles. The third-order valence-corrected chi connectivity index (χ3v) is 4.16. The molecule has 0 spiro atoms. The Morgan fingerprint density at radius 2 is 1.84 bits per heavy atom. The molecule has 0 fully saturated rings. The van der Waals surface area contributed by atoms with Gasteiger partial charge in [0, 0.05) is 24.2 Å². The van der Waals surface area contributed by atoms with E-state index in [1.54, 1.807) is 23.0 Å². The van der Waals surface area contributed by atoms with Gasteiger partial charge in [-0.1, -0.05) is 24.3 Å². The van der Waals surface area contributed by atoms with Crippen LogP contribution in [0.5, 0.6) is 0 Å². The monoisotopic (exact) mass is 330 g/mol. The summed E-state index contributed by atoms with van der Waals surface area (Å²) in [7, 11) is 0. The fourth-order valence-corrected chi connectivity index (χ4v) is 2.99. The first kappa shape index (κ1) is 13.8. The number of fused-ring (bicyclic) bond motifs is 2. The molecule has 25 heavy (non-hydrogen) atoms. The van der Waals surface area contributed by atoms with E-state index >= 15 is 0 Å². The number of nitrogen functional groups attached to an aromatic ring is 1. The van der Waals surface area contributed by atoms with Crippen LogP contribution >= 0.6 is 0 Å². The van der Waals surface area contributed by atoms with Gasteiger partial charge in [0.15, 0.2) is 11.4 Å². The van der Waals surface area contributed by atoms with Crippen molar-refractivity contribution in [2.24, 2.45) is 0 Å². The number of nitrogens with zero attached hydrogens (tertiary/aromatic N) is 5. The van der Waals surface area contributed by atoms with Gasteiger partial charge in [-0.05, 0) is 22.9 Å². The molecule has 4 heterocycles. The van der Waals surface area contributed by atoms with E-state index < -0.39 is 0 Å². The molecule has 0 aliphatic carbocycles. The molecule has 0 bridgehead atoms. The highest BCUT2D eigenvalue weighted by atomic mass is 16.3. The number of furan rings is 1. The molecule has 2 N–H and O–H groups in total. The van der Waals surface area contributed by atoms with Crippen molar-refractivity contribution in [2.75, 3.05) is 5.73 Å². The highest BCUT2D eigenvalue weighted by molar-refractivity contribution is 5.82. The van der Waals surface area contributed by atoms with Gasteiger partial charge in [-0.3, -0.25) is 0 Å². The number of hydrogen-bond donors (Lipinski definition) is 1. The van der Waals surface area contributed by atoms with E-state index in [1.165, 1.54) is 10.8 Å². The van der Waals surface area contributed by atoms with Crippen molar-refractivity contribution < 1.29 is 4.42 Å². The minimum atomic E-state index is 0.293. The van der Waals surface area contributed by atoms with E-state index in [4.69, 9.17) is 10.2 Å². The van der Waals surface area contributed by atoms with E-state index in [0.717, 1.165) is 5.56 Å². The first-order valence-corrected chi connectivity index (χ1v) is 7.86. The lowest BCUT2D eigenvalue weighted by atomic mass is 10.2. The highest BCUT2D eigenvalue weighted by Crippen LogP contribution is 2.21. The van der Waals surface area contributed by atoms with Gasteiger partial charge in [-0.2, -0.15) is 4.52 Å². The Hall–Kier alpha value is -3.61. The van der Waals surface area contributed by atoms with E-state index in [-0.39, 0.29) is 0 Å². The van der Waals surface area contributed by atoms with Gasteiger partial charge >= 0.3 is 0 Å². The summed E-state index contributed by atoms with van der Waals surface area (Å²) in [5, 5.41) is 6.80. The van der Waals surface area contributed by atoms with Crippen molar-refractivity contribution in [1.82, 2.24) is 24.1 Å². The van der Waals surface area contributed by atoms with Crippen LogP contribution in [0.1, 0.15) is 5.56 Å². The molecule has 5 rings (SSSR count). The summed E-state index contributed by atoms with van der Waals surface area (Å²) in [6, 6.07) is 11.9. The zero-order chi connectivity index (χ0) is 16.8. The maximum atomic E-state index is 5.96. The lowest BCUT2D eigenvalue weighted by molar-refractivity contribution is 0.577. The summed E-state index contributed by atoms with van der Waals surface area (Å²) in [5.74, 6) is 1.38. The minimum Gasteiger partial charge on any atom is -0.461 e. The smallest absolute Gasteiger partial charge is 0.223 e. The van der Waals surface area contributed by atoms with Gasteiger partial charge < -0.3 is 14.7 Å². The topological polar surface area (TPSA) is 87.2 Å². The Morgan fingerprint density at radius 3 is 2.56 bits per heavy atom. The van der Waals surface area contributed by atoms with Crippen LogP contribution in [0.2, 0.25) is 0 Å². The van der Waals surface area contributed by atoms with Crippen molar-refractivity contribution in [3.63, 3.8) is 0 Å². The third kappa shape index (κ3) is 2.25. The number of aromatic nitrogens is 5. The molecular weight excluding hydrogens is 316 g/mol. The van der Waals surface area contributed by atoms with Gasteiger partial charge in [0.2, 0.25) is 11.8 Å². The molecule has 5 aromatic rings. The number of anilines is 1. The molecule has 0 saturated heterocycles. The van der Waals surface area contributed by atoms with Gasteiger partial charge in [0.05, 0.1) is 12.8 Å². The maximum Gasteiger partial charge on any atom is 0.223 e. The maximum absolute atomic E-state index is 5.96. The van der Waals surface area contributed by atoms with Crippen molar-refractivity contribution in [2.45, 2.75) is 6.54 Å². The van der Waals surface area contributed by atoms with Gasteiger partial charge in [0.1, 0.15) is 0 Å². The summed E-state index contributed by atoms with van der Waals surface area (Å²) in [6.45, 7) is 0.627. The van der Waals surface area contributed by atoms with Crippen molar-refractivity contribution in [3.05, 3.63) is 66.8 Å². The number of rotatable bonds is 3. The van der Waals surface area contributed by atoms with E-state index in [1.807, 2.05) is 18.2 Å². The molecule has 0 saturated carbocycles. The molecule has 7 heteroatoms. The molecule has 0 aliphatic rings. The standard InChI is InChI=1S/C18H14N6O/c19-18-20-8-14(11-23-9-12-4-1-2-5-13(12)10-23)17-21-16(22-24(17)18)15-6-3-7-25-15/h1-10H,11H2,(H2,19,20). The third-order valence-electron chi connectivity index (χ3n) is 4.16. The Morgan fingerprint density at radius 1 is 1.04 bits per heavy atom. The van der Waals surface area contributed by atoms with Gasteiger partial charge in [-0.15, -0.1) is 5.10 Å². The zero-order valence-corrected chi connectivity index (χ0v) is 13.2. The lowest BCUT2D eigenvalue weighted by Crippen LogP contribution is -2.06. The molecule has 0 amide bonds. The van der Waals surface area contributed by atoms with E-state index in [9.17, 15) is 0 Å². The fraction of sp³-hybridized carbons (Fsp3) is 0.0556. The first-order valence-electron chi connectivity index (χ1n) is 7.86. The predicted octanol–water partition coefficient (Wildman–Crippen LogP) is 2.97. The van der Waals surface area contributed by atoms with Crippen LogP contribution in [0.3, 0.4) is 0 Å². The Bertz CT molecular complexity index is 1150. The molecule has 1 aromatic carbocycles. The van der Waals surface area contributed by atoms with Crippen LogP contribution in [0.15, 0.2) is 65.7 Å². The number of hydrogen-bond acceptors (Lipinski definition) is 5. The van der Waals surface area contributed by atoms with Crippen LogP contribution in [0, 0.1) is 0 Å². The Labute approximate surface area is 142 Å². The molecule has 0 aliphatic heterocycles. The Kier molecular flexibility index (Phi) is 2.87. The van der Waals surface area contributed by atoms with Crippen LogP contribution in [-0.4, -0.2) is 24.1 Å². The van der Waals surface area contributed by atoms with E-state index in [0.29, 0.717) is 29.7 Å². The van der Waals surface area contributed by atoms with Crippen LogP contribution in [0.4, 0.5) is 5.95 Å². The van der Waals surface area contributed by atoms with Gasteiger partial charge in [-0.25, -0.2) is 9.97 Å². The molecular formula is C18H14N6O. The summed E-state index contributed by atoms with van der Waals surface area (Å²) in [6.07, 6.45) is 7.54. The quantitative estimate of drug-likeness (QED) is 0.549. The normalized spacial score (nSPS) is 11.5. The van der Waals surface area contributed by atoms with Crippen molar-refractivity contribution in [3.8, 4) is 11.6 Å². The van der Waals surface area contributed by atoms with Crippen molar-refractivity contribution in [1.29, 1.82) is 0 Å². The first-order chi connectivity index (χ1) is 12.3. The summed E-state index contributed by atoms with van der Waals surface area (Å²) in [5.41, 5.74) is 7.57. The summed E-state index contributed by atoms with van der Waals surface area (Å²) in [4.78, 5) is 8.84. The minimum absolute atomic E-state index is 0.293. The zero-order valence-electron chi connectivity index (χ0n) is 13.2. The summed E-state index contributed by atoms with van der Waals surface area (Å²) >= 11 is 0. The number of benzene rings is 1. The van der Waals surface area contributed by atoms with E-state index in [2.05, 4.69) is 44.2 Å². The van der Waals surface area contributed by atoms with Crippen LogP contribution in [-0.2, 0) is 6.54 Å². The second-order valence-electron chi connectivity index (χ2n) is 5.85. The fourth-order valence-electron chi connectivity index (χ4n) is 2.99. The van der Waals surface area contributed by atoms with Crippen LogP contribution in [0.25, 0.3) is 28.0 Å². The lowest BCUT2D eigenvalue weighted by Gasteiger charge is -2.05. The average Bonchev–Trinajstić information content (AvgIpc) is 3.35.